The van der Waals surface area contributed by atoms with Crippen molar-refractivity contribution in [1.29, 1.82) is 0 Å². The highest BCUT2D eigenvalue weighted by atomic mass is 16.5. The molecule has 0 aliphatic carbocycles. The van der Waals surface area contributed by atoms with Crippen molar-refractivity contribution in [3.63, 3.8) is 0 Å². The standard InChI is InChI=1S/C15H23N3O2/c1-12(16)15(19)17-11-14(13-5-3-2-4-6-13)18-7-9-20-10-8-18/h2-6,12,14H,7-11,16H2,1H3,(H,17,19). The van der Waals surface area contributed by atoms with Crippen LogP contribution in [0.25, 0.3) is 0 Å². The van der Waals surface area contributed by atoms with Crippen LogP contribution in [0.2, 0.25) is 0 Å². The number of rotatable bonds is 5. The summed E-state index contributed by atoms with van der Waals surface area (Å²) in [5.74, 6) is -0.112. The molecule has 1 amide bonds. The van der Waals surface area contributed by atoms with Crippen LogP contribution in [0.4, 0.5) is 0 Å². The number of ether oxygens (including phenoxy) is 1. The molecule has 3 N–H and O–H groups in total. The minimum Gasteiger partial charge on any atom is -0.379 e. The van der Waals surface area contributed by atoms with Crippen LogP contribution in [0.1, 0.15) is 18.5 Å². The zero-order valence-electron chi connectivity index (χ0n) is 11.9. The summed E-state index contributed by atoms with van der Waals surface area (Å²) < 4.78 is 5.40. The summed E-state index contributed by atoms with van der Waals surface area (Å²) in [7, 11) is 0. The zero-order valence-corrected chi connectivity index (χ0v) is 11.9. The van der Waals surface area contributed by atoms with Crippen LogP contribution in [0.3, 0.4) is 0 Å². The van der Waals surface area contributed by atoms with Gasteiger partial charge in [0, 0.05) is 19.6 Å². The first-order chi connectivity index (χ1) is 9.68. The summed E-state index contributed by atoms with van der Waals surface area (Å²) >= 11 is 0. The van der Waals surface area contributed by atoms with Gasteiger partial charge < -0.3 is 15.8 Å². The lowest BCUT2D eigenvalue weighted by Gasteiger charge is -2.35. The van der Waals surface area contributed by atoms with Gasteiger partial charge in [-0.1, -0.05) is 30.3 Å². The molecular formula is C15H23N3O2. The molecule has 0 aromatic heterocycles. The summed E-state index contributed by atoms with van der Waals surface area (Å²) in [6.07, 6.45) is 0. The van der Waals surface area contributed by atoms with E-state index in [1.807, 2.05) is 18.2 Å². The average molecular weight is 277 g/mol. The second-order valence-electron chi connectivity index (χ2n) is 5.11. The number of amides is 1. The maximum Gasteiger partial charge on any atom is 0.236 e. The first-order valence-electron chi connectivity index (χ1n) is 7.08. The monoisotopic (exact) mass is 277 g/mol. The van der Waals surface area contributed by atoms with E-state index in [2.05, 4.69) is 22.3 Å². The Labute approximate surface area is 120 Å². The van der Waals surface area contributed by atoms with Crippen molar-refractivity contribution in [3.05, 3.63) is 35.9 Å². The predicted molar refractivity (Wildman–Crippen MR) is 78.2 cm³/mol. The number of nitrogens with one attached hydrogen (secondary N) is 1. The second kappa shape index (κ2) is 7.38. The fourth-order valence-corrected chi connectivity index (χ4v) is 2.38. The molecule has 2 rings (SSSR count). The molecule has 0 saturated carbocycles. The Kier molecular flexibility index (Phi) is 5.52. The minimum absolute atomic E-state index is 0.112. The molecule has 1 aromatic rings. The number of carbonyl (C=O) groups is 1. The van der Waals surface area contributed by atoms with Crippen LogP contribution in [-0.2, 0) is 9.53 Å². The number of hydrogen-bond donors (Lipinski definition) is 2. The Balaban J connectivity index is 2.05. The lowest BCUT2D eigenvalue weighted by Crippen LogP contribution is -2.46. The van der Waals surface area contributed by atoms with Gasteiger partial charge in [0.25, 0.3) is 0 Å². The van der Waals surface area contributed by atoms with E-state index >= 15 is 0 Å². The zero-order chi connectivity index (χ0) is 14.4. The number of morpholine rings is 1. The summed E-state index contributed by atoms with van der Waals surface area (Å²) in [4.78, 5) is 14.0. The molecular weight excluding hydrogens is 254 g/mol. The molecule has 20 heavy (non-hydrogen) atoms. The van der Waals surface area contributed by atoms with Gasteiger partial charge in [0.1, 0.15) is 0 Å². The van der Waals surface area contributed by atoms with E-state index in [-0.39, 0.29) is 11.9 Å². The number of carbonyl (C=O) groups excluding carboxylic acids is 1. The Bertz CT molecular complexity index is 416. The van der Waals surface area contributed by atoms with Gasteiger partial charge in [0.2, 0.25) is 5.91 Å². The fraction of sp³-hybridized carbons (Fsp3) is 0.533. The third-order valence-electron chi connectivity index (χ3n) is 3.55. The first-order valence-corrected chi connectivity index (χ1v) is 7.08. The number of benzene rings is 1. The van der Waals surface area contributed by atoms with Gasteiger partial charge in [-0.05, 0) is 12.5 Å². The third kappa shape index (κ3) is 4.03. The maximum absolute atomic E-state index is 11.7. The van der Waals surface area contributed by atoms with Gasteiger partial charge in [0.15, 0.2) is 0 Å². The highest BCUT2D eigenvalue weighted by Gasteiger charge is 2.23. The lowest BCUT2D eigenvalue weighted by atomic mass is 10.0. The van der Waals surface area contributed by atoms with Crippen LogP contribution >= 0.6 is 0 Å². The largest absolute Gasteiger partial charge is 0.379 e. The van der Waals surface area contributed by atoms with Gasteiger partial charge in [-0.25, -0.2) is 0 Å². The molecule has 0 spiro atoms. The quantitative estimate of drug-likeness (QED) is 0.823. The fourth-order valence-electron chi connectivity index (χ4n) is 2.38. The number of nitrogens with zero attached hydrogens (tertiary/aromatic N) is 1. The highest BCUT2D eigenvalue weighted by molar-refractivity contribution is 5.80. The van der Waals surface area contributed by atoms with E-state index < -0.39 is 6.04 Å². The van der Waals surface area contributed by atoms with Crippen molar-refractivity contribution in [2.45, 2.75) is 19.0 Å². The van der Waals surface area contributed by atoms with E-state index in [0.29, 0.717) is 6.54 Å². The first kappa shape index (κ1) is 15.0. The molecule has 1 heterocycles. The van der Waals surface area contributed by atoms with Gasteiger partial charge >= 0.3 is 0 Å². The van der Waals surface area contributed by atoms with E-state index in [4.69, 9.17) is 10.5 Å². The molecule has 2 atom stereocenters. The van der Waals surface area contributed by atoms with Gasteiger partial charge in [0.05, 0.1) is 25.3 Å². The molecule has 1 aliphatic heterocycles. The Morgan fingerprint density at radius 1 is 1.35 bits per heavy atom. The van der Waals surface area contributed by atoms with Crippen molar-refractivity contribution in [2.75, 3.05) is 32.8 Å². The molecule has 1 aliphatic rings. The SMILES string of the molecule is CC(N)C(=O)NCC(c1ccccc1)N1CCOCC1. The molecule has 110 valence electrons. The third-order valence-corrected chi connectivity index (χ3v) is 3.55. The smallest absolute Gasteiger partial charge is 0.236 e. The Morgan fingerprint density at radius 3 is 2.60 bits per heavy atom. The van der Waals surface area contributed by atoms with Crippen molar-refractivity contribution in [1.82, 2.24) is 10.2 Å². The van der Waals surface area contributed by atoms with E-state index in [0.717, 1.165) is 26.3 Å². The van der Waals surface area contributed by atoms with E-state index in [1.165, 1.54) is 5.56 Å². The molecule has 0 radical (unpaired) electrons. The molecule has 1 aromatic carbocycles. The minimum atomic E-state index is -0.476. The van der Waals surface area contributed by atoms with Gasteiger partial charge in [-0.15, -0.1) is 0 Å². The molecule has 5 heteroatoms. The molecule has 5 nitrogen and oxygen atoms in total. The van der Waals surface area contributed by atoms with Crippen LogP contribution in [0.15, 0.2) is 30.3 Å². The van der Waals surface area contributed by atoms with Crippen LogP contribution in [0.5, 0.6) is 0 Å². The van der Waals surface area contributed by atoms with Gasteiger partial charge in [-0.2, -0.15) is 0 Å². The highest BCUT2D eigenvalue weighted by Crippen LogP contribution is 2.20. The normalized spacial score (nSPS) is 19.3. The molecule has 1 fully saturated rings. The van der Waals surface area contributed by atoms with Gasteiger partial charge in [-0.3, -0.25) is 9.69 Å². The van der Waals surface area contributed by atoms with Crippen LogP contribution < -0.4 is 11.1 Å². The summed E-state index contributed by atoms with van der Waals surface area (Å²) in [5, 5.41) is 2.93. The van der Waals surface area contributed by atoms with E-state index in [9.17, 15) is 4.79 Å². The van der Waals surface area contributed by atoms with Crippen LogP contribution in [0, 0.1) is 0 Å². The van der Waals surface area contributed by atoms with Crippen molar-refractivity contribution >= 4 is 5.91 Å². The average Bonchev–Trinajstić information content (AvgIpc) is 2.49. The lowest BCUT2D eigenvalue weighted by molar-refractivity contribution is -0.122. The number of nitrogens with two attached hydrogens (primary N) is 1. The topological polar surface area (TPSA) is 67.6 Å². The Hall–Kier alpha value is -1.43. The van der Waals surface area contributed by atoms with E-state index in [1.54, 1.807) is 6.92 Å². The second-order valence-corrected chi connectivity index (χ2v) is 5.11. The molecule has 1 saturated heterocycles. The number of hydrogen-bond acceptors (Lipinski definition) is 4. The Morgan fingerprint density at radius 2 is 2.00 bits per heavy atom. The van der Waals surface area contributed by atoms with Crippen molar-refractivity contribution in [3.8, 4) is 0 Å². The summed E-state index contributed by atoms with van der Waals surface area (Å²) in [5.41, 5.74) is 6.80. The molecule has 2 unspecified atom stereocenters. The van der Waals surface area contributed by atoms with Crippen molar-refractivity contribution < 1.29 is 9.53 Å². The summed E-state index contributed by atoms with van der Waals surface area (Å²) in [6.45, 7) is 5.52. The maximum atomic E-state index is 11.7. The van der Waals surface area contributed by atoms with Crippen molar-refractivity contribution in [2.24, 2.45) is 5.73 Å². The predicted octanol–water partition coefficient (Wildman–Crippen LogP) is 0.523. The summed E-state index contributed by atoms with van der Waals surface area (Å²) in [6, 6.07) is 9.93. The molecule has 0 bridgehead atoms. The van der Waals surface area contributed by atoms with Crippen LogP contribution in [-0.4, -0.2) is 49.7 Å².